The van der Waals surface area contributed by atoms with Gasteiger partial charge in [0.2, 0.25) is 5.89 Å². The normalized spacial score (nSPS) is 11.7. The van der Waals surface area contributed by atoms with Gasteiger partial charge in [-0.1, -0.05) is 37.3 Å². The van der Waals surface area contributed by atoms with Crippen molar-refractivity contribution < 1.29 is 19.1 Å². The SMILES string of the molecule is CCc1nnc(S/C(=C\c2c(OC)ccc3ccccc23)C(=O)[O-])o1. The number of fused-ring (bicyclic) bond motifs is 1. The average Bonchev–Trinajstić information content (AvgIpc) is 3.09. The highest BCUT2D eigenvalue weighted by Crippen LogP contribution is 2.33. The van der Waals surface area contributed by atoms with E-state index in [1.807, 2.05) is 37.3 Å². The number of benzene rings is 2. The summed E-state index contributed by atoms with van der Waals surface area (Å²) in [5.74, 6) is -0.308. The van der Waals surface area contributed by atoms with Crippen molar-refractivity contribution in [3.8, 4) is 5.75 Å². The van der Waals surface area contributed by atoms with Gasteiger partial charge in [0.1, 0.15) is 5.75 Å². The molecule has 25 heavy (non-hydrogen) atoms. The Morgan fingerprint density at radius 2 is 2.08 bits per heavy atom. The van der Waals surface area contributed by atoms with Gasteiger partial charge in [-0.25, -0.2) is 0 Å². The fourth-order valence-corrected chi connectivity index (χ4v) is 3.05. The zero-order valence-electron chi connectivity index (χ0n) is 13.7. The maximum absolute atomic E-state index is 11.6. The molecule has 0 saturated carbocycles. The van der Waals surface area contributed by atoms with Crippen LogP contribution in [0.3, 0.4) is 0 Å². The molecule has 0 amide bonds. The molecule has 1 heterocycles. The number of ether oxygens (including phenoxy) is 1. The monoisotopic (exact) mass is 355 g/mol. The molecule has 3 rings (SSSR count). The molecule has 0 aliphatic carbocycles. The third-order valence-corrected chi connectivity index (χ3v) is 4.42. The fourth-order valence-electron chi connectivity index (χ4n) is 2.38. The summed E-state index contributed by atoms with van der Waals surface area (Å²) >= 11 is 0.859. The summed E-state index contributed by atoms with van der Waals surface area (Å²) in [6.07, 6.45) is 2.09. The Labute approximate surface area is 148 Å². The zero-order chi connectivity index (χ0) is 17.8. The second-order valence-corrected chi connectivity index (χ2v) is 6.11. The van der Waals surface area contributed by atoms with E-state index in [1.165, 1.54) is 6.08 Å². The van der Waals surface area contributed by atoms with Gasteiger partial charge in [0, 0.05) is 16.9 Å². The smallest absolute Gasteiger partial charge is 0.281 e. The highest BCUT2D eigenvalue weighted by atomic mass is 32.2. The van der Waals surface area contributed by atoms with E-state index in [9.17, 15) is 9.90 Å². The van der Waals surface area contributed by atoms with Crippen LogP contribution in [0.15, 0.2) is 50.9 Å². The number of methoxy groups -OCH3 is 1. The second kappa shape index (κ2) is 7.40. The number of carbonyl (C=O) groups is 1. The number of thioether (sulfide) groups is 1. The number of aryl methyl sites for hydroxylation is 1. The molecule has 1 aromatic heterocycles. The molecule has 3 aromatic rings. The average molecular weight is 355 g/mol. The van der Waals surface area contributed by atoms with Crippen molar-refractivity contribution in [1.29, 1.82) is 0 Å². The van der Waals surface area contributed by atoms with Crippen molar-refractivity contribution in [1.82, 2.24) is 10.2 Å². The van der Waals surface area contributed by atoms with E-state index >= 15 is 0 Å². The molecule has 2 aromatic carbocycles. The van der Waals surface area contributed by atoms with Gasteiger partial charge >= 0.3 is 0 Å². The van der Waals surface area contributed by atoms with Crippen LogP contribution in [0.25, 0.3) is 16.8 Å². The lowest BCUT2D eigenvalue weighted by Gasteiger charge is -2.11. The standard InChI is InChI=1S/C18H16N2O4S/c1-3-16-19-20-18(24-16)25-15(17(21)22)10-13-12-7-5-4-6-11(12)8-9-14(13)23-2/h4-10H,3H2,1-2H3,(H,21,22)/p-1/b15-10-. The Kier molecular flexibility index (Phi) is 5.04. The topological polar surface area (TPSA) is 88.3 Å². The molecule has 0 N–H and O–H groups in total. The van der Waals surface area contributed by atoms with Crippen LogP contribution in [-0.2, 0) is 11.2 Å². The highest BCUT2D eigenvalue weighted by molar-refractivity contribution is 8.03. The summed E-state index contributed by atoms with van der Waals surface area (Å²) in [7, 11) is 1.54. The molecule has 0 radical (unpaired) electrons. The summed E-state index contributed by atoms with van der Waals surface area (Å²) < 4.78 is 10.8. The molecular formula is C18H15N2O4S-. The third kappa shape index (κ3) is 3.66. The number of carboxylic acids is 1. The van der Waals surface area contributed by atoms with Crippen LogP contribution in [0.1, 0.15) is 18.4 Å². The van der Waals surface area contributed by atoms with Gasteiger partial charge in [0.15, 0.2) is 0 Å². The first-order valence-corrected chi connectivity index (χ1v) is 8.43. The van der Waals surface area contributed by atoms with E-state index in [-0.39, 0.29) is 10.1 Å². The molecule has 0 fully saturated rings. The Balaban J connectivity index is 2.08. The molecule has 0 aliphatic rings. The number of hydrogen-bond acceptors (Lipinski definition) is 7. The van der Waals surface area contributed by atoms with Crippen LogP contribution in [-0.4, -0.2) is 23.3 Å². The van der Waals surface area contributed by atoms with Gasteiger partial charge in [0.05, 0.1) is 13.1 Å². The van der Waals surface area contributed by atoms with Gasteiger partial charge in [-0.05, 0) is 34.7 Å². The number of hydrogen-bond donors (Lipinski definition) is 0. The maximum atomic E-state index is 11.6. The molecule has 0 bridgehead atoms. The number of nitrogens with zero attached hydrogens (tertiary/aromatic N) is 2. The van der Waals surface area contributed by atoms with E-state index in [0.717, 1.165) is 22.5 Å². The highest BCUT2D eigenvalue weighted by Gasteiger charge is 2.13. The number of aliphatic carboxylic acids is 1. The lowest BCUT2D eigenvalue weighted by molar-refractivity contribution is -0.298. The van der Waals surface area contributed by atoms with Crippen LogP contribution in [0.4, 0.5) is 0 Å². The molecule has 0 saturated heterocycles. The van der Waals surface area contributed by atoms with Crippen LogP contribution >= 0.6 is 11.8 Å². The largest absolute Gasteiger partial charge is 0.544 e. The predicted octanol–water partition coefficient (Wildman–Crippen LogP) is 2.68. The first kappa shape index (κ1) is 17.0. The van der Waals surface area contributed by atoms with E-state index in [2.05, 4.69) is 10.2 Å². The fraction of sp³-hybridized carbons (Fsp3) is 0.167. The lowest BCUT2D eigenvalue weighted by Crippen LogP contribution is -2.23. The predicted molar refractivity (Wildman–Crippen MR) is 93.0 cm³/mol. The molecule has 0 spiro atoms. The zero-order valence-corrected chi connectivity index (χ0v) is 14.5. The van der Waals surface area contributed by atoms with Gasteiger partial charge in [-0.15, -0.1) is 10.2 Å². The third-order valence-electron chi connectivity index (χ3n) is 3.58. The molecule has 0 atom stereocenters. The number of aromatic nitrogens is 2. The molecule has 128 valence electrons. The summed E-state index contributed by atoms with van der Waals surface area (Å²) in [5, 5.41) is 21.3. The van der Waals surface area contributed by atoms with E-state index < -0.39 is 5.97 Å². The molecule has 0 unspecified atom stereocenters. The van der Waals surface area contributed by atoms with Crippen LogP contribution < -0.4 is 9.84 Å². The van der Waals surface area contributed by atoms with Crippen molar-refractivity contribution >= 4 is 34.6 Å². The van der Waals surface area contributed by atoms with Crippen molar-refractivity contribution in [3.63, 3.8) is 0 Å². The second-order valence-electron chi connectivity index (χ2n) is 5.12. The Bertz CT molecular complexity index is 949. The van der Waals surface area contributed by atoms with Crippen molar-refractivity contribution in [2.45, 2.75) is 18.6 Å². The Hall–Kier alpha value is -2.80. The summed E-state index contributed by atoms with van der Waals surface area (Å²) in [5.41, 5.74) is 0.655. The van der Waals surface area contributed by atoms with Crippen LogP contribution in [0.2, 0.25) is 0 Å². The summed E-state index contributed by atoms with van der Waals surface area (Å²) in [4.78, 5) is 11.5. The van der Waals surface area contributed by atoms with Gasteiger partial charge in [-0.2, -0.15) is 0 Å². The van der Waals surface area contributed by atoms with Crippen molar-refractivity contribution in [2.24, 2.45) is 0 Å². The van der Waals surface area contributed by atoms with E-state index in [4.69, 9.17) is 9.15 Å². The van der Waals surface area contributed by atoms with Gasteiger partial charge in [0.25, 0.3) is 5.22 Å². The van der Waals surface area contributed by atoms with Gasteiger partial charge < -0.3 is 19.1 Å². The lowest BCUT2D eigenvalue weighted by atomic mass is 10.0. The van der Waals surface area contributed by atoms with Crippen LogP contribution in [0, 0.1) is 0 Å². The minimum Gasteiger partial charge on any atom is -0.544 e. The van der Waals surface area contributed by atoms with Crippen molar-refractivity contribution in [3.05, 3.63) is 52.8 Å². The number of carbonyl (C=O) groups excluding carboxylic acids is 1. The van der Waals surface area contributed by atoms with Crippen LogP contribution in [0.5, 0.6) is 5.75 Å². The Morgan fingerprint density at radius 3 is 2.76 bits per heavy atom. The summed E-state index contributed by atoms with van der Waals surface area (Å²) in [6.45, 7) is 1.87. The molecule has 0 aliphatic heterocycles. The summed E-state index contributed by atoms with van der Waals surface area (Å²) in [6, 6.07) is 11.4. The number of rotatable bonds is 6. The van der Waals surface area contributed by atoms with E-state index in [0.29, 0.717) is 23.6 Å². The molecular weight excluding hydrogens is 340 g/mol. The quantitative estimate of drug-likeness (QED) is 0.496. The first-order chi connectivity index (χ1) is 12.1. The minimum absolute atomic E-state index is 0.0408. The number of carboxylic acid groups (broad SMARTS) is 1. The Morgan fingerprint density at radius 1 is 1.28 bits per heavy atom. The van der Waals surface area contributed by atoms with E-state index in [1.54, 1.807) is 13.2 Å². The molecule has 6 nitrogen and oxygen atoms in total. The molecule has 7 heteroatoms. The maximum Gasteiger partial charge on any atom is 0.281 e. The first-order valence-electron chi connectivity index (χ1n) is 7.61. The van der Waals surface area contributed by atoms with Gasteiger partial charge in [-0.3, -0.25) is 0 Å². The minimum atomic E-state index is -1.32. The van der Waals surface area contributed by atoms with Crippen molar-refractivity contribution in [2.75, 3.05) is 7.11 Å².